The van der Waals surface area contributed by atoms with Crippen LogP contribution in [0.2, 0.25) is 0 Å². The fraction of sp³-hybridized carbons (Fsp3) is 0.680. The van der Waals surface area contributed by atoms with Gasteiger partial charge in [0.05, 0.1) is 5.69 Å². The van der Waals surface area contributed by atoms with Crippen LogP contribution in [0.5, 0.6) is 0 Å². The van der Waals surface area contributed by atoms with Crippen LogP contribution >= 0.6 is 23.1 Å². The van der Waals surface area contributed by atoms with Gasteiger partial charge in [0.2, 0.25) is 5.91 Å². The lowest BCUT2D eigenvalue weighted by molar-refractivity contribution is -0.124. The van der Waals surface area contributed by atoms with Crippen LogP contribution in [0.25, 0.3) is 0 Å². The monoisotopic (exact) mass is 504 g/mol. The van der Waals surface area contributed by atoms with Crippen LogP contribution in [-0.4, -0.2) is 43.5 Å². The molecule has 0 saturated heterocycles. The molecule has 0 aliphatic heterocycles. The van der Waals surface area contributed by atoms with Gasteiger partial charge in [-0.15, -0.1) is 11.3 Å². The van der Waals surface area contributed by atoms with Crippen molar-refractivity contribution in [2.24, 2.45) is 11.8 Å². The Morgan fingerprint density at radius 3 is 2.35 bits per heavy atom. The number of nitrogens with one attached hydrogen (secondary N) is 1. The maximum absolute atomic E-state index is 14.0. The van der Waals surface area contributed by atoms with Crippen molar-refractivity contribution in [3.8, 4) is 0 Å². The van der Waals surface area contributed by atoms with E-state index in [2.05, 4.69) is 42.9 Å². The molecule has 0 bridgehead atoms. The standard InChI is InChI=1S/C25H36N4O3S2/c1-15-5-7-16(8-6-15)22(30)29(19-13-20(25(2,3)4)34-21(19)23(31)32)17-9-11-18(12-10-17)33-24-26-14-27-28-24/h13-18H,5-12H2,1-4H3,(H,31,32)(H,26,27,28)/t15-,16-,17-,18-. The first-order valence-electron chi connectivity index (χ1n) is 12.4. The fourth-order valence-electron chi connectivity index (χ4n) is 5.11. The van der Waals surface area contributed by atoms with Crippen LogP contribution < -0.4 is 4.90 Å². The number of hydrogen-bond acceptors (Lipinski definition) is 6. The first-order chi connectivity index (χ1) is 16.1. The molecule has 2 N–H and O–H groups in total. The second-order valence-electron chi connectivity index (χ2n) is 10.9. The highest BCUT2D eigenvalue weighted by molar-refractivity contribution is 7.99. The Kier molecular flexibility index (Phi) is 7.72. The quantitative estimate of drug-likeness (QED) is 0.491. The van der Waals surface area contributed by atoms with Crippen molar-refractivity contribution in [1.29, 1.82) is 0 Å². The van der Waals surface area contributed by atoms with Gasteiger partial charge in [0.15, 0.2) is 5.16 Å². The number of aromatic amines is 1. The van der Waals surface area contributed by atoms with Crippen LogP contribution in [0.4, 0.5) is 5.69 Å². The van der Waals surface area contributed by atoms with Crippen molar-refractivity contribution in [1.82, 2.24) is 15.2 Å². The number of H-pyrrole nitrogens is 1. The SMILES string of the molecule is CC(C)(C)c1cc(N(C(=O)[C@H]2CC[C@H](C)CC2)[C@H]2CC[C@H](Sc3ncn[nH]3)CC2)c(C(=O)O)s1. The molecule has 2 aliphatic rings. The summed E-state index contributed by atoms with van der Waals surface area (Å²) in [5.74, 6) is -0.180. The van der Waals surface area contributed by atoms with E-state index in [0.29, 0.717) is 21.7 Å². The second-order valence-corrected chi connectivity index (χ2v) is 13.2. The van der Waals surface area contributed by atoms with Crippen molar-refractivity contribution in [3.05, 3.63) is 22.1 Å². The maximum Gasteiger partial charge on any atom is 0.348 e. The predicted molar refractivity (Wildman–Crippen MR) is 137 cm³/mol. The molecule has 186 valence electrons. The average Bonchev–Trinajstić information content (AvgIpc) is 3.46. The largest absolute Gasteiger partial charge is 0.477 e. The lowest BCUT2D eigenvalue weighted by Gasteiger charge is -2.39. The molecule has 2 fully saturated rings. The number of carboxylic acid groups (broad SMARTS) is 1. The van der Waals surface area contributed by atoms with E-state index in [1.54, 1.807) is 11.8 Å². The third kappa shape index (κ3) is 5.67. The van der Waals surface area contributed by atoms with E-state index in [0.717, 1.165) is 61.4 Å². The topological polar surface area (TPSA) is 99.2 Å². The molecule has 2 aliphatic carbocycles. The summed E-state index contributed by atoms with van der Waals surface area (Å²) in [6.07, 6.45) is 9.08. The predicted octanol–water partition coefficient (Wildman–Crippen LogP) is 6.12. The normalized spacial score (nSPS) is 25.8. The molecule has 0 spiro atoms. The molecule has 2 saturated carbocycles. The summed E-state index contributed by atoms with van der Waals surface area (Å²) < 4.78 is 0. The Bertz CT molecular complexity index is 982. The molecule has 9 heteroatoms. The summed E-state index contributed by atoms with van der Waals surface area (Å²) in [6, 6.07) is 2.01. The third-order valence-corrected chi connectivity index (χ3v) is 9.95. The zero-order valence-corrected chi connectivity index (χ0v) is 22.2. The molecule has 2 aromatic heterocycles. The van der Waals surface area contributed by atoms with Crippen LogP contribution in [0.15, 0.2) is 17.6 Å². The molecule has 7 nitrogen and oxygen atoms in total. The number of hydrogen-bond donors (Lipinski definition) is 2. The number of amides is 1. The maximum atomic E-state index is 14.0. The van der Waals surface area contributed by atoms with Gasteiger partial charge < -0.3 is 10.0 Å². The summed E-state index contributed by atoms with van der Waals surface area (Å²) in [7, 11) is 0. The Morgan fingerprint density at radius 1 is 1.12 bits per heavy atom. The summed E-state index contributed by atoms with van der Waals surface area (Å²) in [5.41, 5.74) is 0.436. The molecule has 0 atom stereocenters. The average molecular weight is 505 g/mol. The molecule has 2 aromatic rings. The molecule has 2 heterocycles. The van der Waals surface area contributed by atoms with Crippen LogP contribution in [0.3, 0.4) is 0 Å². The Hall–Kier alpha value is -1.87. The van der Waals surface area contributed by atoms with Gasteiger partial charge in [0.25, 0.3) is 0 Å². The van der Waals surface area contributed by atoms with E-state index in [-0.39, 0.29) is 23.3 Å². The lowest BCUT2D eigenvalue weighted by atomic mass is 9.81. The number of carboxylic acids is 1. The first kappa shape index (κ1) is 25.2. The van der Waals surface area contributed by atoms with Crippen LogP contribution in [0.1, 0.15) is 93.6 Å². The third-order valence-electron chi connectivity index (χ3n) is 7.19. The zero-order valence-electron chi connectivity index (χ0n) is 20.5. The molecule has 34 heavy (non-hydrogen) atoms. The number of anilines is 1. The van der Waals surface area contributed by atoms with Crippen molar-refractivity contribution in [3.63, 3.8) is 0 Å². The Labute approximate surface area is 210 Å². The van der Waals surface area contributed by atoms with E-state index in [1.807, 2.05) is 11.0 Å². The molecular weight excluding hydrogens is 468 g/mol. The highest BCUT2D eigenvalue weighted by Gasteiger charge is 2.38. The van der Waals surface area contributed by atoms with Crippen LogP contribution in [-0.2, 0) is 10.2 Å². The minimum atomic E-state index is -0.944. The van der Waals surface area contributed by atoms with Crippen molar-refractivity contribution in [2.45, 2.75) is 101 Å². The van der Waals surface area contributed by atoms with Gasteiger partial charge in [-0.05, 0) is 68.8 Å². The fourth-order valence-corrected chi connectivity index (χ4v) is 7.20. The van der Waals surface area contributed by atoms with Gasteiger partial charge >= 0.3 is 5.97 Å². The van der Waals surface area contributed by atoms with Crippen molar-refractivity contribution in [2.75, 3.05) is 4.90 Å². The number of thioether (sulfide) groups is 1. The zero-order chi connectivity index (χ0) is 24.5. The number of rotatable bonds is 6. The summed E-state index contributed by atoms with van der Waals surface area (Å²) >= 11 is 3.03. The van der Waals surface area contributed by atoms with E-state index >= 15 is 0 Å². The van der Waals surface area contributed by atoms with Gasteiger partial charge in [-0.25, -0.2) is 9.78 Å². The van der Waals surface area contributed by atoms with Gasteiger partial charge in [-0.3, -0.25) is 9.89 Å². The van der Waals surface area contributed by atoms with E-state index in [9.17, 15) is 14.7 Å². The van der Waals surface area contributed by atoms with Gasteiger partial charge in [0.1, 0.15) is 11.2 Å². The number of aromatic nitrogens is 3. The second kappa shape index (κ2) is 10.4. The lowest BCUT2D eigenvalue weighted by Crippen LogP contribution is -2.46. The number of nitrogens with zero attached hydrogens (tertiary/aromatic N) is 3. The van der Waals surface area contributed by atoms with Crippen molar-refractivity contribution < 1.29 is 14.7 Å². The van der Waals surface area contributed by atoms with E-state index < -0.39 is 5.97 Å². The number of thiophene rings is 1. The first-order valence-corrected chi connectivity index (χ1v) is 14.1. The Morgan fingerprint density at radius 2 is 1.79 bits per heavy atom. The summed E-state index contributed by atoms with van der Waals surface area (Å²) in [5, 5.41) is 18.2. The molecule has 4 rings (SSSR count). The molecule has 1 amide bonds. The highest BCUT2D eigenvalue weighted by Crippen LogP contribution is 2.43. The van der Waals surface area contributed by atoms with Gasteiger partial charge in [-0.1, -0.05) is 39.5 Å². The van der Waals surface area contributed by atoms with E-state index in [1.165, 1.54) is 17.7 Å². The smallest absolute Gasteiger partial charge is 0.348 e. The number of carbonyl (C=O) groups excluding carboxylic acids is 1. The number of carbonyl (C=O) groups is 2. The summed E-state index contributed by atoms with van der Waals surface area (Å²) in [6.45, 7) is 8.53. The van der Waals surface area contributed by atoms with E-state index in [4.69, 9.17) is 0 Å². The molecule has 0 aromatic carbocycles. The van der Waals surface area contributed by atoms with Gasteiger partial charge in [0, 0.05) is 22.1 Å². The molecular formula is C25H36N4O3S2. The summed E-state index contributed by atoms with van der Waals surface area (Å²) in [4.78, 5) is 33.7. The molecule has 0 unspecified atom stereocenters. The highest BCUT2D eigenvalue weighted by atomic mass is 32.2. The van der Waals surface area contributed by atoms with Crippen molar-refractivity contribution >= 4 is 40.7 Å². The van der Waals surface area contributed by atoms with Gasteiger partial charge in [-0.2, -0.15) is 5.10 Å². The minimum absolute atomic E-state index is 0.0166. The Balaban J connectivity index is 1.61. The van der Waals surface area contributed by atoms with Crippen LogP contribution in [0, 0.1) is 11.8 Å². The molecule has 0 radical (unpaired) electrons. The number of aromatic carboxylic acids is 1. The minimum Gasteiger partial charge on any atom is -0.477 e.